The summed E-state index contributed by atoms with van der Waals surface area (Å²) in [4.78, 5) is 30.1. The van der Waals surface area contributed by atoms with Crippen molar-refractivity contribution >= 4 is 39.9 Å². The van der Waals surface area contributed by atoms with Crippen molar-refractivity contribution in [3.8, 4) is 5.69 Å². The van der Waals surface area contributed by atoms with Gasteiger partial charge < -0.3 is 11.1 Å². The lowest BCUT2D eigenvalue weighted by molar-refractivity contribution is -0.115. The number of hydrogen-bond donors (Lipinski definition) is 2. The zero-order valence-corrected chi connectivity index (χ0v) is 17.3. The Morgan fingerprint density at radius 1 is 1.38 bits per heavy atom. The van der Waals surface area contributed by atoms with E-state index in [1.807, 2.05) is 0 Å². The number of benzene rings is 1. The van der Waals surface area contributed by atoms with Gasteiger partial charge in [-0.3, -0.25) is 14.2 Å². The van der Waals surface area contributed by atoms with Crippen LogP contribution >= 0.6 is 23.1 Å². The van der Waals surface area contributed by atoms with Crippen molar-refractivity contribution in [2.24, 2.45) is 5.73 Å². The molecule has 150 valence electrons. The average molecular weight is 431 g/mol. The third-order valence-corrected chi connectivity index (χ3v) is 7.04. The zero-order chi connectivity index (χ0) is 20.5. The van der Waals surface area contributed by atoms with E-state index < -0.39 is 11.2 Å². The van der Waals surface area contributed by atoms with Crippen LogP contribution in [0.3, 0.4) is 0 Å². The normalized spacial score (nSPS) is 13.9. The quantitative estimate of drug-likeness (QED) is 0.583. The number of thiophene rings is 1. The number of rotatable bonds is 6. The first kappa shape index (κ1) is 19.7. The van der Waals surface area contributed by atoms with Gasteiger partial charge in [-0.25, -0.2) is 9.37 Å². The largest absolute Gasteiger partial charge is 0.365 e. The lowest BCUT2D eigenvalue weighted by atomic mass is 10.1. The molecule has 1 aliphatic carbocycles. The number of imidazole rings is 1. The Hall–Kier alpha value is -2.65. The van der Waals surface area contributed by atoms with E-state index >= 15 is 0 Å². The highest BCUT2D eigenvalue weighted by Crippen LogP contribution is 2.39. The molecule has 3 aromatic rings. The van der Waals surface area contributed by atoms with E-state index in [-0.39, 0.29) is 11.7 Å². The van der Waals surface area contributed by atoms with Gasteiger partial charge in [0.2, 0.25) is 5.91 Å². The second-order valence-electron chi connectivity index (χ2n) is 6.73. The first-order chi connectivity index (χ1) is 13.9. The molecule has 2 heterocycles. The third kappa shape index (κ3) is 3.92. The van der Waals surface area contributed by atoms with E-state index in [0.717, 1.165) is 29.7 Å². The van der Waals surface area contributed by atoms with Gasteiger partial charge in [-0.2, -0.15) is 0 Å². The van der Waals surface area contributed by atoms with Gasteiger partial charge >= 0.3 is 0 Å². The highest BCUT2D eigenvalue weighted by atomic mass is 32.2. The van der Waals surface area contributed by atoms with Crippen LogP contribution in [0.15, 0.2) is 41.8 Å². The highest BCUT2D eigenvalue weighted by Gasteiger charge is 2.27. The van der Waals surface area contributed by atoms with Crippen molar-refractivity contribution < 1.29 is 14.0 Å². The minimum absolute atomic E-state index is 0.244. The van der Waals surface area contributed by atoms with E-state index in [0.29, 0.717) is 21.4 Å². The number of nitrogens with zero attached hydrogens (tertiary/aromatic N) is 2. The minimum atomic E-state index is -0.512. The van der Waals surface area contributed by atoms with Crippen molar-refractivity contribution in [2.75, 3.05) is 5.32 Å². The van der Waals surface area contributed by atoms with Gasteiger partial charge in [0.15, 0.2) is 5.16 Å². The molecule has 4 rings (SSSR count). The summed E-state index contributed by atoms with van der Waals surface area (Å²) in [7, 11) is 0. The summed E-state index contributed by atoms with van der Waals surface area (Å²) in [5.41, 5.74) is 7.60. The van der Waals surface area contributed by atoms with Crippen LogP contribution in [0, 0.1) is 5.82 Å². The maximum Gasteiger partial charge on any atom is 0.251 e. The molecule has 29 heavy (non-hydrogen) atoms. The van der Waals surface area contributed by atoms with Crippen molar-refractivity contribution in [3.05, 3.63) is 58.5 Å². The molecule has 0 spiro atoms. The summed E-state index contributed by atoms with van der Waals surface area (Å²) in [6, 6.07) is 6.17. The van der Waals surface area contributed by atoms with E-state index in [1.165, 1.54) is 35.2 Å². The molecule has 1 aromatic carbocycles. The van der Waals surface area contributed by atoms with Crippen molar-refractivity contribution in [1.29, 1.82) is 0 Å². The number of nitrogens with two attached hydrogens (primary N) is 1. The molecule has 0 fully saturated rings. The first-order valence-electron chi connectivity index (χ1n) is 9.15. The van der Waals surface area contributed by atoms with Crippen LogP contribution < -0.4 is 11.1 Å². The molecule has 0 radical (unpaired) electrons. The van der Waals surface area contributed by atoms with Gasteiger partial charge in [-0.1, -0.05) is 17.8 Å². The number of carbonyl (C=O) groups is 2. The number of anilines is 1. The first-order valence-corrected chi connectivity index (χ1v) is 10.8. The summed E-state index contributed by atoms with van der Waals surface area (Å²) >= 11 is 2.68. The SMILES string of the molecule is C[C@H](Sc1nccn1-c1cccc(F)c1)C(=O)Nc1sc2c(c1C(N)=O)CCC2. The second-order valence-corrected chi connectivity index (χ2v) is 9.15. The lowest BCUT2D eigenvalue weighted by Gasteiger charge is -2.13. The average Bonchev–Trinajstić information content (AvgIpc) is 3.37. The van der Waals surface area contributed by atoms with Gasteiger partial charge in [0, 0.05) is 17.3 Å². The fourth-order valence-electron chi connectivity index (χ4n) is 3.38. The molecule has 6 nitrogen and oxygen atoms in total. The highest BCUT2D eigenvalue weighted by molar-refractivity contribution is 8.00. The maximum atomic E-state index is 13.6. The standard InChI is InChI=1S/C20H19FN4O2S2/c1-11(28-20-23-8-9-25(20)13-5-2-4-12(21)10-13)18(27)24-19-16(17(22)26)14-6-3-7-15(14)29-19/h2,4-5,8-11H,3,6-7H2,1H3,(H2,22,26)(H,24,27)/t11-/m0/s1. The summed E-state index contributed by atoms with van der Waals surface area (Å²) < 4.78 is 15.3. The number of nitrogens with one attached hydrogen (secondary N) is 1. The summed E-state index contributed by atoms with van der Waals surface area (Å²) in [6.45, 7) is 1.76. The minimum Gasteiger partial charge on any atom is -0.365 e. The predicted octanol–water partition coefficient (Wildman–Crippen LogP) is 3.78. The smallest absolute Gasteiger partial charge is 0.251 e. The predicted molar refractivity (Wildman–Crippen MR) is 112 cm³/mol. The van der Waals surface area contributed by atoms with Gasteiger partial charge in [0.05, 0.1) is 16.5 Å². The Morgan fingerprint density at radius 2 is 2.21 bits per heavy atom. The number of fused-ring (bicyclic) bond motifs is 1. The molecule has 0 bridgehead atoms. The zero-order valence-electron chi connectivity index (χ0n) is 15.6. The molecule has 2 aromatic heterocycles. The topological polar surface area (TPSA) is 90.0 Å². The Morgan fingerprint density at radius 3 is 2.97 bits per heavy atom. The van der Waals surface area contributed by atoms with Crippen LogP contribution in [-0.2, 0) is 17.6 Å². The molecule has 0 aliphatic heterocycles. The van der Waals surface area contributed by atoms with Crippen molar-refractivity contribution in [1.82, 2.24) is 9.55 Å². The Balaban J connectivity index is 1.51. The molecule has 1 aliphatic rings. The second kappa shape index (κ2) is 8.00. The number of hydrogen-bond acceptors (Lipinski definition) is 5. The van der Waals surface area contributed by atoms with Crippen LogP contribution in [0.4, 0.5) is 9.39 Å². The van der Waals surface area contributed by atoms with Crippen LogP contribution in [0.2, 0.25) is 0 Å². The van der Waals surface area contributed by atoms with Gasteiger partial charge in [-0.15, -0.1) is 11.3 Å². The Bertz CT molecular complexity index is 1090. The molecule has 0 saturated carbocycles. The summed E-state index contributed by atoms with van der Waals surface area (Å²) in [6.07, 6.45) is 6.05. The number of amides is 2. The van der Waals surface area contributed by atoms with E-state index in [9.17, 15) is 14.0 Å². The molecule has 9 heteroatoms. The number of primary amides is 1. The number of aromatic nitrogens is 2. The molecular weight excluding hydrogens is 411 g/mol. The molecule has 3 N–H and O–H groups in total. The van der Waals surface area contributed by atoms with Crippen LogP contribution in [0.25, 0.3) is 5.69 Å². The van der Waals surface area contributed by atoms with E-state index in [4.69, 9.17) is 5.73 Å². The molecule has 0 saturated heterocycles. The summed E-state index contributed by atoms with van der Waals surface area (Å²) in [5, 5.41) is 3.47. The fraction of sp³-hybridized carbons (Fsp3) is 0.250. The number of halogens is 1. The van der Waals surface area contributed by atoms with E-state index in [1.54, 1.807) is 36.0 Å². The number of thioether (sulfide) groups is 1. The van der Waals surface area contributed by atoms with Crippen LogP contribution in [0.1, 0.15) is 34.1 Å². The van der Waals surface area contributed by atoms with Crippen LogP contribution in [0.5, 0.6) is 0 Å². The van der Waals surface area contributed by atoms with Crippen molar-refractivity contribution in [3.63, 3.8) is 0 Å². The van der Waals surface area contributed by atoms with Gasteiger partial charge in [0.1, 0.15) is 10.8 Å². The Labute approximate surface area is 175 Å². The number of carbonyl (C=O) groups excluding carboxylic acids is 2. The van der Waals surface area contributed by atoms with Gasteiger partial charge in [0.25, 0.3) is 5.91 Å². The maximum absolute atomic E-state index is 13.6. The van der Waals surface area contributed by atoms with Crippen LogP contribution in [-0.4, -0.2) is 26.6 Å². The Kier molecular flexibility index (Phi) is 5.42. The van der Waals surface area contributed by atoms with E-state index in [2.05, 4.69) is 10.3 Å². The summed E-state index contributed by atoms with van der Waals surface area (Å²) in [5.74, 6) is -1.10. The fourth-order valence-corrected chi connectivity index (χ4v) is 5.56. The van der Waals surface area contributed by atoms with Crippen molar-refractivity contribution in [2.45, 2.75) is 36.6 Å². The monoisotopic (exact) mass is 430 g/mol. The number of aryl methyl sites for hydroxylation is 1. The van der Waals surface area contributed by atoms with Gasteiger partial charge in [-0.05, 0) is 49.9 Å². The molecular formula is C20H19FN4O2S2. The molecule has 1 atom stereocenters. The molecule has 2 amide bonds. The molecule has 0 unspecified atom stereocenters. The third-order valence-electron chi connectivity index (χ3n) is 4.75. The lowest BCUT2D eigenvalue weighted by Crippen LogP contribution is -2.24.